The lowest BCUT2D eigenvalue weighted by Gasteiger charge is -2.37. The minimum absolute atomic E-state index is 0.0391. The molecule has 4 heterocycles. The van der Waals surface area contributed by atoms with Crippen molar-refractivity contribution in [3.8, 4) is 11.5 Å². The summed E-state index contributed by atoms with van der Waals surface area (Å²) in [5.74, 6) is 0.877. The summed E-state index contributed by atoms with van der Waals surface area (Å²) in [4.78, 5) is 48.4. The second-order valence-electron chi connectivity index (χ2n) is 16.2. The van der Waals surface area contributed by atoms with Crippen LogP contribution in [0.25, 0.3) is 0 Å². The molecule has 292 valence electrons. The number of ether oxygens (including phenoxy) is 3. The van der Waals surface area contributed by atoms with Crippen LogP contribution in [0.2, 0.25) is 18.6 Å². The van der Waals surface area contributed by atoms with Crippen molar-refractivity contribution in [2.45, 2.75) is 82.0 Å². The monoisotopic (exact) mass is 773 g/mol. The summed E-state index contributed by atoms with van der Waals surface area (Å²) in [7, 11) is 0.764. The van der Waals surface area contributed by atoms with Gasteiger partial charge in [-0.25, -0.2) is 0 Å². The van der Waals surface area contributed by atoms with Gasteiger partial charge in [-0.15, -0.1) is 0 Å². The number of carbonyl (C=O) groups is 3. The zero-order valence-electron chi connectivity index (χ0n) is 32.9. The first-order valence-electron chi connectivity index (χ1n) is 19.7. The number of aliphatic hydroxyl groups is 1. The molecule has 1 spiro atoms. The van der Waals surface area contributed by atoms with E-state index in [1.807, 2.05) is 77.7 Å². The molecule has 0 saturated carbocycles. The fourth-order valence-electron chi connectivity index (χ4n) is 10.1. The van der Waals surface area contributed by atoms with Crippen molar-refractivity contribution in [3.05, 3.63) is 108 Å². The van der Waals surface area contributed by atoms with Crippen molar-refractivity contribution >= 4 is 48.0 Å². The molecule has 0 unspecified atom stereocenters. The first-order chi connectivity index (χ1) is 27.0. The van der Waals surface area contributed by atoms with E-state index in [4.69, 9.17) is 14.2 Å². The van der Waals surface area contributed by atoms with Crippen LogP contribution in [-0.2, 0) is 37.7 Å². The van der Waals surface area contributed by atoms with Crippen LogP contribution in [0.4, 0.5) is 17.1 Å². The average molecular weight is 774 g/mol. The SMILES string of the molecule is COc1ccc([Si](C)(C)[C@@H]2[C@@H](CC(=O)N3CCC[C@H]3CO)O[C@]3(C(=O)N(Cc4cccc(N5C(=O)CCc6ccccc65)c4)c4ccc(OC)cc43)[C@H]2C)cc1. The summed E-state index contributed by atoms with van der Waals surface area (Å²) in [6.07, 6.45) is 2.30. The molecule has 2 fully saturated rings. The van der Waals surface area contributed by atoms with Crippen molar-refractivity contribution in [3.63, 3.8) is 0 Å². The molecule has 8 rings (SSSR count). The Bertz CT molecular complexity index is 2160. The lowest BCUT2D eigenvalue weighted by atomic mass is 9.82. The number of likely N-dealkylation sites (tertiary alicyclic amines) is 1. The number of carbonyl (C=O) groups excluding carboxylic acids is 3. The summed E-state index contributed by atoms with van der Waals surface area (Å²) in [6, 6.07) is 29.6. The molecule has 5 atom stereocenters. The quantitative estimate of drug-likeness (QED) is 0.185. The summed E-state index contributed by atoms with van der Waals surface area (Å²) in [5, 5.41) is 11.3. The van der Waals surface area contributed by atoms with Gasteiger partial charge in [0.2, 0.25) is 11.8 Å². The Kier molecular flexibility index (Phi) is 10.0. The smallest absolute Gasteiger partial charge is 0.264 e. The summed E-state index contributed by atoms with van der Waals surface area (Å²) in [5.41, 5.74) is 3.61. The number of aryl methyl sites for hydroxylation is 1. The van der Waals surface area contributed by atoms with Crippen molar-refractivity contribution in [2.24, 2.45) is 5.92 Å². The predicted octanol–water partition coefficient (Wildman–Crippen LogP) is 6.45. The summed E-state index contributed by atoms with van der Waals surface area (Å²) >= 11 is 0. The van der Waals surface area contributed by atoms with Crippen molar-refractivity contribution in [1.82, 2.24) is 4.90 Å². The van der Waals surface area contributed by atoms with E-state index in [0.29, 0.717) is 25.1 Å². The molecule has 0 bridgehead atoms. The average Bonchev–Trinajstić information content (AvgIpc) is 3.88. The number of nitrogens with zero attached hydrogens (tertiary/aromatic N) is 3. The number of methoxy groups -OCH3 is 2. The number of rotatable bonds is 10. The summed E-state index contributed by atoms with van der Waals surface area (Å²) in [6.45, 7) is 7.50. The Morgan fingerprint density at radius 2 is 1.66 bits per heavy atom. The predicted molar refractivity (Wildman–Crippen MR) is 219 cm³/mol. The van der Waals surface area contributed by atoms with E-state index < -0.39 is 19.8 Å². The van der Waals surface area contributed by atoms with Crippen LogP contribution < -0.4 is 24.5 Å². The minimum Gasteiger partial charge on any atom is -0.497 e. The maximum atomic E-state index is 15.4. The van der Waals surface area contributed by atoms with Gasteiger partial charge < -0.3 is 29.1 Å². The van der Waals surface area contributed by atoms with E-state index in [-0.39, 0.29) is 54.8 Å². The van der Waals surface area contributed by atoms with Crippen LogP contribution in [0.5, 0.6) is 11.5 Å². The highest BCUT2D eigenvalue weighted by molar-refractivity contribution is 6.91. The molecule has 4 aromatic carbocycles. The topological polar surface area (TPSA) is 109 Å². The third kappa shape index (κ3) is 6.20. The van der Waals surface area contributed by atoms with Crippen molar-refractivity contribution < 1.29 is 33.7 Å². The van der Waals surface area contributed by atoms with Crippen LogP contribution >= 0.6 is 0 Å². The summed E-state index contributed by atoms with van der Waals surface area (Å²) < 4.78 is 18.5. The van der Waals surface area contributed by atoms with Crippen molar-refractivity contribution in [1.29, 1.82) is 0 Å². The molecule has 2 saturated heterocycles. The molecule has 3 amide bonds. The van der Waals surface area contributed by atoms with Gasteiger partial charge in [-0.05, 0) is 84.5 Å². The van der Waals surface area contributed by atoms with Crippen LogP contribution in [-0.4, -0.2) is 75.3 Å². The molecule has 56 heavy (non-hydrogen) atoms. The van der Waals surface area contributed by atoms with Gasteiger partial charge in [0.05, 0.1) is 65.4 Å². The second kappa shape index (κ2) is 14.8. The largest absolute Gasteiger partial charge is 0.497 e. The number of aliphatic hydroxyl groups excluding tert-OH is 1. The van der Waals surface area contributed by atoms with Gasteiger partial charge in [0.1, 0.15) is 11.5 Å². The third-order valence-corrected chi connectivity index (χ3v) is 17.3. The Hall–Kier alpha value is -4.97. The standard InChI is InChI=1S/C45H51N3O7Si/c1-29-43(56(4,5)36-19-16-34(53-2)17-20-36)40(26-42(51)46-23-9-13-33(46)28-49)55-45(29)37-25-35(54-3)18-21-39(37)47(44(45)52)27-30-10-8-12-32(24-30)48-38-14-7-6-11-31(38)15-22-41(48)50/h6-8,10-12,14,16-21,24-25,29,33,40,43,49H,9,13,15,22-23,26-28H2,1-5H3/t29-,33-,40+,43-,45+/m0/s1. The van der Waals surface area contributed by atoms with Crippen LogP contribution in [0, 0.1) is 5.92 Å². The molecule has 4 aliphatic heterocycles. The highest BCUT2D eigenvalue weighted by Gasteiger charge is 2.66. The van der Waals surface area contributed by atoms with E-state index in [1.165, 1.54) is 5.19 Å². The van der Waals surface area contributed by atoms with E-state index in [0.717, 1.165) is 52.3 Å². The first-order valence-corrected chi connectivity index (χ1v) is 22.8. The molecule has 4 aliphatic rings. The molecule has 4 aromatic rings. The Morgan fingerprint density at radius 1 is 0.911 bits per heavy atom. The fraction of sp³-hybridized carbons (Fsp3) is 0.400. The minimum atomic E-state index is -2.50. The van der Waals surface area contributed by atoms with E-state index >= 15 is 4.79 Å². The lowest BCUT2D eigenvalue weighted by Crippen LogP contribution is -2.52. The number of para-hydroxylation sites is 1. The molecule has 1 N–H and O–H groups in total. The highest BCUT2D eigenvalue weighted by atomic mass is 28.3. The zero-order chi connectivity index (χ0) is 39.4. The number of hydrogen-bond acceptors (Lipinski definition) is 7. The van der Waals surface area contributed by atoms with E-state index in [2.05, 4.69) is 38.2 Å². The number of benzene rings is 4. The van der Waals surface area contributed by atoms with Gasteiger partial charge in [-0.1, -0.05) is 67.7 Å². The molecular formula is C45H51N3O7Si. The van der Waals surface area contributed by atoms with Gasteiger partial charge in [0.15, 0.2) is 5.60 Å². The number of hydrogen-bond donors (Lipinski definition) is 1. The number of fused-ring (bicyclic) bond motifs is 3. The van der Waals surface area contributed by atoms with Crippen LogP contribution in [0.1, 0.15) is 49.3 Å². The normalized spacial score (nSPS) is 24.5. The Labute approximate surface area is 330 Å². The van der Waals surface area contributed by atoms with Gasteiger partial charge in [-0.2, -0.15) is 0 Å². The van der Waals surface area contributed by atoms with Crippen LogP contribution in [0.15, 0.2) is 91.0 Å². The third-order valence-electron chi connectivity index (χ3n) is 12.9. The first kappa shape index (κ1) is 37.9. The fourth-order valence-corrected chi connectivity index (χ4v) is 14.1. The van der Waals surface area contributed by atoms with Gasteiger partial charge in [-0.3, -0.25) is 19.3 Å². The Balaban J connectivity index is 1.19. The molecular weight excluding hydrogens is 723 g/mol. The molecule has 10 nitrogen and oxygen atoms in total. The lowest BCUT2D eigenvalue weighted by molar-refractivity contribution is -0.150. The van der Waals surface area contributed by atoms with Crippen LogP contribution in [0.3, 0.4) is 0 Å². The van der Waals surface area contributed by atoms with Gasteiger partial charge >= 0.3 is 0 Å². The number of amides is 3. The molecule has 11 heteroatoms. The highest BCUT2D eigenvalue weighted by Crippen LogP contribution is 2.60. The van der Waals surface area contributed by atoms with Gasteiger partial charge in [0, 0.05) is 30.1 Å². The molecule has 0 aromatic heterocycles. The second-order valence-corrected chi connectivity index (χ2v) is 20.9. The zero-order valence-corrected chi connectivity index (χ0v) is 33.9. The maximum Gasteiger partial charge on any atom is 0.264 e. The maximum absolute atomic E-state index is 15.4. The molecule has 0 aliphatic carbocycles. The number of anilines is 3. The van der Waals surface area contributed by atoms with Gasteiger partial charge in [0.25, 0.3) is 5.91 Å². The van der Waals surface area contributed by atoms with E-state index in [9.17, 15) is 14.7 Å². The Morgan fingerprint density at radius 3 is 2.41 bits per heavy atom. The van der Waals surface area contributed by atoms with E-state index in [1.54, 1.807) is 24.0 Å². The van der Waals surface area contributed by atoms with Crippen molar-refractivity contribution in [2.75, 3.05) is 37.2 Å². The molecule has 0 radical (unpaired) electrons.